The summed E-state index contributed by atoms with van der Waals surface area (Å²) < 4.78 is 5.50. The van der Waals surface area contributed by atoms with Gasteiger partial charge in [0.2, 0.25) is 0 Å². The number of halogens is 2. The van der Waals surface area contributed by atoms with Crippen molar-refractivity contribution in [3.63, 3.8) is 0 Å². The van der Waals surface area contributed by atoms with Gasteiger partial charge in [-0.25, -0.2) is 14.8 Å². The molecule has 1 rings (SSSR count). The molecule has 21 heavy (non-hydrogen) atoms. The first-order valence-electron chi connectivity index (χ1n) is 6.03. The molecule has 0 aromatic carbocycles. The average Bonchev–Trinajstić information content (AvgIpc) is 2.40. The van der Waals surface area contributed by atoms with Crippen molar-refractivity contribution >= 4 is 39.3 Å². The van der Waals surface area contributed by atoms with E-state index in [1.165, 1.54) is 17.3 Å². The number of hydrazine groups is 1. The maximum absolute atomic E-state index is 12.2. The number of hydrogen-bond donors (Lipinski definition) is 1. The highest BCUT2D eigenvalue weighted by atomic mass is 79.9. The Morgan fingerprint density at radius 1 is 1.52 bits per heavy atom. The minimum absolute atomic E-state index is 0.0166. The van der Waals surface area contributed by atoms with E-state index in [1.54, 1.807) is 21.0 Å². The molecule has 0 saturated heterocycles. The van der Waals surface area contributed by atoms with Gasteiger partial charge in [0, 0.05) is 30.8 Å². The molecule has 0 aliphatic heterocycles. The van der Waals surface area contributed by atoms with Gasteiger partial charge < -0.3 is 10.2 Å². The van der Waals surface area contributed by atoms with Crippen LogP contribution in [0.4, 0.5) is 0 Å². The largest absolute Gasteiger partial charge is 0.461 e. The van der Waals surface area contributed by atoms with Crippen molar-refractivity contribution in [1.82, 2.24) is 15.4 Å². The molecule has 1 aromatic rings. The van der Waals surface area contributed by atoms with Gasteiger partial charge in [0.05, 0.1) is 12.2 Å². The molecule has 0 unspecified atom stereocenters. The first kappa shape index (κ1) is 17.6. The molecule has 6 nitrogen and oxygen atoms in total. The first-order chi connectivity index (χ1) is 9.85. The van der Waals surface area contributed by atoms with Crippen LogP contribution in [0.15, 0.2) is 28.5 Å². The third-order valence-corrected chi connectivity index (χ3v) is 2.92. The molecule has 0 saturated carbocycles. The van der Waals surface area contributed by atoms with E-state index >= 15 is 0 Å². The Morgan fingerprint density at radius 3 is 2.76 bits per heavy atom. The van der Waals surface area contributed by atoms with Crippen LogP contribution in [0.25, 0.3) is 0 Å². The van der Waals surface area contributed by atoms with E-state index in [4.69, 9.17) is 16.3 Å². The zero-order valence-electron chi connectivity index (χ0n) is 11.8. The predicted molar refractivity (Wildman–Crippen MR) is 82.8 cm³/mol. The van der Waals surface area contributed by atoms with Gasteiger partial charge in [-0.3, -0.25) is 4.79 Å². The van der Waals surface area contributed by atoms with Crippen molar-refractivity contribution in [2.24, 2.45) is 0 Å². The summed E-state index contributed by atoms with van der Waals surface area (Å²) in [5, 5.41) is 1.59. The second kappa shape index (κ2) is 8.11. The fourth-order valence-corrected chi connectivity index (χ4v) is 1.92. The number of pyridine rings is 1. The van der Waals surface area contributed by atoms with Gasteiger partial charge in [-0.15, -0.1) is 0 Å². The van der Waals surface area contributed by atoms with Crippen molar-refractivity contribution in [2.45, 2.75) is 6.92 Å². The Morgan fingerprint density at radius 2 is 2.19 bits per heavy atom. The molecule has 1 N–H and O–H groups in total. The number of carbonyl (C=O) groups excluding carboxylic acids is 2. The Balaban J connectivity index is 3.11. The summed E-state index contributed by atoms with van der Waals surface area (Å²) in [6.45, 7) is 1.89. The van der Waals surface area contributed by atoms with E-state index in [-0.39, 0.29) is 23.0 Å². The van der Waals surface area contributed by atoms with Crippen LogP contribution in [0.3, 0.4) is 0 Å². The third kappa shape index (κ3) is 5.45. The summed E-state index contributed by atoms with van der Waals surface area (Å²) in [5.74, 6) is -1.08. The molecule has 0 spiro atoms. The summed E-state index contributed by atoms with van der Waals surface area (Å²) in [5.41, 5.74) is 2.93. The van der Waals surface area contributed by atoms with E-state index in [0.29, 0.717) is 4.47 Å². The smallest absolute Gasteiger partial charge is 0.355 e. The van der Waals surface area contributed by atoms with E-state index in [1.807, 2.05) is 0 Å². The minimum Gasteiger partial charge on any atom is -0.461 e. The van der Waals surface area contributed by atoms with Gasteiger partial charge >= 0.3 is 5.97 Å². The number of ketones is 1. The Hall–Kier alpha value is -1.44. The number of ether oxygens (including phenoxy) is 1. The highest BCUT2D eigenvalue weighted by Gasteiger charge is 2.16. The number of nitrogens with one attached hydrogen (secondary N) is 1. The van der Waals surface area contributed by atoms with Gasteiger partial charge in [-0.2, -0.15) is 0 Å². The van der Waals surface area contributed by atoms with E-state index in [0.717, 1.165) is 6.08 Å². The quantitative estimate of drug-likeness (QED) is 0.270. The Labute approximate surface area is 136 Å². The minimum atomic E-state index is -0.626. The second-order valence-electron chi connectivity index (χ2n) is 4.14. The molecule has 0 atom stereocenters. The van der Waals surface area contributed by atoms with Crippen LogP contribution in [-0.4, -0.2) is 42.4 Å². The van der Waals surface area contributed by atoms with Crippen LogP contribution < -0.4 is 5.43 Å². The molecule has 0 amide bonds. The summed E-state index contributed by atoms with van der Waals surface area (Å²) >= 11 is 9.11. The fourth-order valence-electron chi connectivity index (χ4n) is 1.39. The maximum atomic E-state index is 12.2. The number of allylic oxidation sites excluding steroid dienone is 1. The number of carbonyl (C=O) groups is 2. The maximum Gasteiger partial charge on any atom is 0.355 e. The summed E-state index contributed by atoms with van der Waals surface area (Å²) in [4.78, 5) is 27.9. The standard InChI is InChI=1S/C13H15BrClN3O3/c1-4-21-13(20)10(17-18(2)3)6-11(19)9-5-8(14)7-16-12(9)15/h5-7,17H,4H2,1-3H3/b10-6-. The molecule has 0 radical (unpaired) electrons. The van der Waals surface area contributed by atoms with E-state index in [9.17, 15) is 9.59 Å². The summed E-state index contributed by atoms with van der Waals surface area (Å²) in [7, 11) is 3.37. The topological polar surface area (TPSA) is 71.5 Å². The van der Waals surface area contributed by atoms with E-state index in [2.05, 4.69) is 26.3 Å². The van der Waals surface area contributed by atoms with Gasteiger partial charge in [-0.05, 0) is 28.9 Å². The average molecular weight is 377 g/mol. The number of hydrogen-bond acceptors (Lipinski definition) is 6. The lowest BCUT2D eigenvalue weighted by molar-refractivity contribution is -0.139. The summed E-state index contributed by atoms with van der Waals surface area (Å²) in [6.07, 6.45) is 2.61. The van der Waals surface area contributed by atoms with E-state index < -0.39 is 11.8 Å². The van der Waals surface area contributed by atoms with Crippen LogP contribution >= 0.6 is 27.5 Å². The van der Waals surface area contributed by atoms with Crippen molar-refractivity contribution in [2.75, 3.05) is 20.7 Å². The van der Waals surface area contributed by atoms with Crippen molar-refractivity contribution in [3.05, 3.63) is 39.2 Å². The molecular weight excluding hydrogens is 362 g/mol. The van der Waals surface area contributed by atoms with Gasteiger partial charge in [0.15, 0.2) is 5.78 Å². The van der Waals surface area contributed by atoms with Crippen LogP contribution in [0.5, 0.6) is 0 Å². The Kier molecular flexibility index (Phi) is 6.80. The third-order valence-electron chi connectivity index (χ3n) is 2.19. The molecule has 114 valence electrons. The van der Waals surface area contributed by atoms with Crippen LogP contribution in [0, 0.1) is 0 Å². The molecule has 0 aliphatic rings. The van der Waals surface area contributed by atoms with Crippen molar-refractivity contribution in [1.29, 1.82) is 0 Å². The molecule has 0 aliphatic carbocycles. The van der Waals surface area contributed by atoms with Crippen molar-refractivity contribution < 1.29 is 14.3 Å². The number of rotatable bonds is 6. The zero-order chi connectivity index (χ0) is 16.0. The number of aromatic nitrogens is 1. The first-order valence-corrected chi connectivity index (χ1v) is 7.20. The number of nitrogens with zero attached hydrogens (tertiary/aromatic N) is 2. The highest BCUT2D eigenvalue weighted by Crippen LogP contribution is 2.19. The van der Waals surface area contributed by atoms with Gasteiger partial charge in [-0.1, -0.05) is 11.6 Å². The normalized spacial score (nSPS) is 11.4. The Bertz CT molecular complexity index is 576. The molecule has 8 heteroatoms. The lowest BCUT2D eigenvalue weighted by Crippen LogP contribution is -2.34. The molecule has 1 heterocycles. The summed E-state index contributed by atoms with van der Waals surface area (Å²) in [6, 6.07) is 1.53. The fraction of sp³-hybridized carbons (Fsp3) is 0.308. The van der Waals surface area contributed by atoms with Gasteiger partial charge in [0.1, 0.15) is 10.9 Å². The lowest BCUT2D eigenvalue weighted by atomic mass is 10.1. The van der Waals surface area contributed by atoms with Gasteiger partial charge in [0.25, 0.3) is 0 Å². The second-order valence-corrected chi connectivity index (χ2v) is 5.41. The van der Waals surface area contributed by atoms with Crippen molar-refractivity contribution in [3.8, 4) is 0 Å². The molecular formula is C13H15BrClN3O3. The molecule has 0 fully saturated rings. The molecule has 1 aromatic heterocycles. The predicted octanol–water partition coefficient (Wildman–Crippen LogP) is 2.19. The monoisotopic (exact) mass is 375 g/mol. The van der Waals surface area contributed by atoms with Crippen LogP contribution in [-0.2, 0) is 9.53 Å². The molecule has 0 bridgehead atoms. The SMILES string of the molecule is CCOC(=O)/C(=C/C(=O)c1cc(Br)cnc1Cl)NN(C)C. The van der Waals surface area contributed by atoms with Crippen LogP contribution in [0.2, 0.25) is 5.15 Å². The zero-order valence-corrected chi connectivity index (χ0v) is 14.2. The highest BCUT2D eigenvalue weighted by molar-refractivity contribution is 9.10. The van der Waals surface area contributed by atoms with Crippen LogP contribution in [0.1, 0.15) is 17.3 Å². The number of esters is 1. The lowest BCUT2D eigenvalue weighted by Gasteiger charge is -2.15.